The summed E-state index contributed by atoms with van der Waals surface area (Å²) in [6, 6.07) is 7.73. The first-order valence-electron chi connectivity index (χ1n) is 11.3. The van der Waals surface area contributed by atoms with Crippen molar-refractivity contribution in [2.45, 2.75) is 65.1 Å². The summed E-state index contributed by atoms with van der Waals surface area (Å²) in [6.07, 6.45) is -0.366. The molecule has 0 saturated carbocycles. The Morgan fingerprint density at radius 3 is 2.37 bits per heavy atom. The van der Waals surface area contributed by atoms with Gasteiger partial charge < -0.3 is 14.8 Å². The van der Waals surface area contributed by atoms with Crippen molar-refractivity contribution < 1.29 is 32.2 Å². The maximum atomic E-state index is 14.7. The molecule has 35 heavy (non-hydrogen) atoms. The van der Waals surface area contributed by atoms with Gasteiger partial charge in [-0.1, -0.05) is 31.8 Å². The predicted molar refractivity (Wildman–Crippen MR) is 130 cm³/mol. The zero-order valence-corrected chi connectivity index (χ0v) is 21.7. The molecule has 0 spiro atoms. The molecule has 1 aliphatic heterocycles. The van der Waals surface area contributed by atoms with Crippen LogP contribution in [0.1, 0.15) is 37.9 Å². The average Bonchev–Trinajstić information content (AvgIpc) is 2.70. The summed E-state index contributed by atoms with van der Waals surface area (Å²) in [5.41, 5.74) is 0.524. The van der Waals surface area contributed by atoms with Gasteiger partial charge in [0.25, 0.3) is 5.91 Å². The first-order valence-corrected chi connectivity index (χ1v) is 14.8. The minimum Gasteiger partial charge on any atom is -0.444 e. The van der Waals surface area contributed by atoms with E-state index in [0.29, 0.717) is 22.7 Å². The van der Waals surface area contributed by atoms with Gasteiger partial charge in [-0.3, -0.25) is 9.69 Å². The molecule has 1 N–H and O–H groups in total. The van der Waals surface area contributed by atoms with Gasteiger partial charge in [0.1, 0.15) is 23.2 Å². The van der Waals surface area contributed by atoms with Gasteiger partial charge in [-0.05, 0) is 67.8 Å². The fraction of sp³-hybridized carbons (Fsp3) is 0.440. The van der Waals surface area contributed by atoms with E-state index in [-0.39, 0.29) is 18.0 Å². The lowest BCUT2D eigenvalue weighted by atomic mass is 9.92. The summed E-state index contributed by atoms with van der Waals surface area (Å²) < 4.78 is 50.1. The highest BCUT2D eigenvalue weighted by atomic mass is 28.3. The van der Waals surface area contributed by atoms with Crippen molar-refractivity contribution in [1.82, 2.24) is 4.90 Å². The van der Waals surface area contributed by atoms with Crippen molar-refractivity contribution in [3.63, 3.8) is 0 Å². The fourth-order valence-corrected chi connectivity index (χ4v) is 5.36. The molecule has 190 valence electrons. The third kappa shape index (κ3) is 6.56. The number of benzene rings is 2. The van der Waals surface area contributed by atoms with Gasteiger partial charge in [0.15, 0.2) is 0 Å². The first kappa shape index (κ1) is 26.6. The van der Waals surface area contributed by atoms with E-state index < -0.39 is 44.1 Å². The van der Waals surface area contributed by atoms with Gasteiger partial charge in [-0.2, -0.15) is 8.78 Å². The molecule has 1 heterocycles. The molecule has 10 heteroatoms. The molecular formula is C25H31F3N2O4Si. The molecule has 1 aliphatic rings. The number of ether oxygens (including phenoxy) is 2. The van der Waals surface area contributed by atoms with Gasteiger partial charge in [0, 0.05) is 12.2 Å². The van der Waals surface area contributed by atoms with Crippen LogP contribution in [0.2, 0.25) is 19.6 Å². The molecule has 6 nitrogen and oxygen atoms in total. The molecule has 0 unspecified atom stereocenters. The Kier molecular flexibility index (Phi) is 7.54. The van der Waals surface area contributed by atoms with Crippen molar-refractivity contribution in [3.05, 3.63) is 53.3 Å². The van der Waals surface area contributed by atoms with E-state index in [9.17, 15) is 22.8 Å². The van der Waals surface area contributed by atoms with Crippen LogP contribution in [0.4, 0.5) is 23.7 Å². The summed E-state index contributed by atoms with van der Waals surface area (Å²) in [5, 5.41) is 3.34. The van der Waals surface area contributed by atoms with Crippen molar-refractivity contribution in [3.8, 4) is 5.75 Å². The first-order chi connectivity index (χ1) is 16.2. The van der Waals surface area contributed by atoms with E-state index in [1.165, 1.54) is 29.2 Å². The molecule has 0 fully saturated rings. The molecule has 0 aliphatic carbocycles. The van der Waals surface area contributed by atoms with E-state index >= 15 is 0 Å². The minimum atomic E-state index is -2.98. The summed E-state index contributed by atoms with van der Waals surface area (Å²) in [4.78, 5) is 27.7. The number of nitrogens with one attached hydrogen (secondary N) is 1. The summed E-state index contributed by atoms with van der Waals surface area (Å²) in [6.45, 7) is 8.36. The van der Waals surface area contributed by atoms with E-state index in [1.54, 1.807) is 32.9 Å². The molecule has 0 bridgehead atoms. The van der Waals surface area contributed by atoms with Crippen LogP contribution in [0.25, 0.3) is 0 Å². The maximum absolute atomic E-state index is 14.7. The van der Waals surface area contributed by atoms with Crippen molar-refractivity contribution in [2.24, 2.45) is 0 Å². The Balaban J connectivity index is 1.96. The molecule has 0 radical (unpaired) electrons. The molecule has 2 aromatic rings. The predicted octanol–water partition coefficient (Wildman–Crippen LogP) is 5.45. The van der Waals surface area contributed by atoms with Crippen LogP contribution >= 0.6 is 0 Å². The molecule has 2 aromatic carbocycles. The third-order valence-electron chi connectivity index (χ3n) is 5.49. The van der Waals surface area contributed by atoms with Crippen LogP contribution in [0, 0.1) is 5.82 Å². The number of hydrogen-bond donors (Lipinski definition) is 1. The Hall–Kier alpha value is -3.01. The number of halogens is 3. The number of nitrogens with zero attached hydrogens (tertiary/aromatic N) is 1. The monoisotopic (exact) mass is 508 g/mol. The summed E-state index contributed by atoms with van der Waals surface area (Å²) in [7, 11) is -1.91. The smallest absolute Gasteiger partial charge is 0.411 e. The highest BCUT2D eigenvalue weighted by Crippen LogP contribution is 2.34. The number of anilines is 1. The van der Waals surface area contributed by atoms with E-state index in [0.717, 1.165) is 0 Å². The van der Waals surface area contributed by atoms with Gasteiger partial charge >= 0.3 is 12.7 Å². The normalized spacial score (nSPS) is 16.1. The second-order valence-corrected chi connectivity index (χ2v) is 15.5. The highest BCUT2D eigenvalue weighted by molar-refractivity contribution is 6.88. The Labute approximate surface area is 204 Å². The van der Waals surface area contributed by atoms with E-state index in [1.807, 2.05) is 19.6 Å². The number of fused-ring (bicyclic) bond motifs is 1. The number of rotatable bonds is 5. The average molecular weight is 509 g/mol. The Morgan fingerprint density at radius 2 is 1.80 bits per heavy atom. The zero-order chi connectivity index (χ0) is 26.1. The molecule has 0 saturated heterocycles. The second kappa shape index (κ2) is 9.92. The van der Waals surface area contributed by atoms with Crippen molar-refractivity contribution in [2.75, 3.05) is 11.9 Å². The third-order valence-corrected chi connectivity index (χ3v) is 7.51. The van der Waals surface area contributed by atoms with Crippen LogP contribution < -0.4 is 15.2 Å². The Bertz CT molecular complexity index is 1110. The molecular weight excluding hydrogens is 477 g/mol. The quantitative estimate of drug-likeness (QED) is 0.546. The van der Waals surface area contributed by atoms with Crippen LogP contribution in [-0.4, -0.2) is 43.7 Å². The largest absolute Gasteiger partial charge is 0.444 e. The number of alkyl halides is 2. The van der Waals surface area contributed by atoms with E-state index in [4.69, 9.17) is 4.74 Å². The van der Waals surface area contributed by atoms with Crippen molar-refractivity contribution >= 4 is 30.9 Å². The fourth-order valence-electron chi connectivity index (χ4n) is 3.99. The number of carbonyl (C=O) groups is 2. The second-order valence-electron chi connectivity index (χ2n) is 10.5. The molecule has 1 atom stereocenters. The summed E-state index contributed by atoms with van der Waals surface area (Å²) in [5.74, 6) is -1.00. The van der Waals surface area contributed by atoms with Gasteiger partial charge in [0.05, 0.1) is 8.07 Å². The SMILES string of the molecule is CC(C)(C)OC(=O)N1CCc2cc(OC(F)F)ccc2[C@@H]1C(=O)Nc1ccc([Si](C)(C)C)c(F)c1. The zero-order valence-electron chi connectivity index (χ0n) is 20.7. The van der Waals surface area contributed by atoms with Crippen LogP contribution in [0.5, 0.6) is 5.75 Å². The Morgan fingerprint density at radius 1 is 1.11 bits per heavy atom. The topological polar surface area (TPSA) is 67.9 Å². The van der Waals surface area contributed by atoms with Crippen LogP contribution in [0.15, 0.2) is 36.4 Å². The number of hydrogen-bond acceptors (Lipinski definition) is 4. The van der Waals surface area contributed by atoms with E-state index in [2.05, 4.69) is 10.1 Å². The minimum absolute atomic E-state index is 0.0346. The molecule has 3 rings (SSSR count). The lowest BCUT2D eigenvalue weighted by Gasteiger charge is -2.37. The number of amides is 2. The van der Waals surface area contributed by atoms with Crippen LogP contribution in [-0.2, 0) is 16.0 Å². The summed E-state index contributed by atoms with van der Waals surface area (Å²) >= 11 is 0. The number of carbonyl (C=O) groups excluding carboxylic acids is 2. The van der Waals surface area contributed by atoms with Gasteiger partial charge in [0.2, 0.25) is 0 Å². The van der Waals surface area contributed by atoms with Crippen LogP contribution in [0.3, 0.4) is 0 Å². The highest BCUT2D eigenvalue weighted by Gasteiger charge is 2.38. The molecule has 2 amide bonds. The lowest BCUT2D eigenvalue weighted by molar-refractivity contribution is -0.122. The lowest BCUT2D eigenvalue weighted by Crippen LogP contribution is -2.47. The van der Waals surface area contributed by atoms with Gasteiger partial charge in [-0.25, -0.2) is 9.18 Å². The van der Waals surface area contributed by atoms with Gasteiger partial charge in [-0.15, -0.1) is 0 Å². The van der Waals surface area contributed by atoms with Crippen molar-refractivity contribution in [1.29, 1.82) is 0 Å². The maximum Gasteiger partial charge on any atom is 0.411 e. The molecule has 0 aromatic heterocycles. The standard InChI is InChI=1S/C25H31F3N2O4Si/c1-25(2,3)34-24(32)30-12-11-15-13-17(33-23(27)28)8-9-18(15)21(30)22(31)29-16-7-10-20(19(26)14-16)35(4,5)6/h7-10,13-14,21,23H,11-12H2,1-6H3,(H,29,31)/t21-/m1/s1.